The Hall–Kier alpha value is -0.600. The van der Waals surface area contributed by atoms with E-state index in [1.54, 1.807) is 6.20 Å². The Bertz CT molecular complexity index is 286. The van der Waals surface area contributed by atoms with Crippen molar-refractivity contribution < 1.29 is 0 Å². The summed E-state index contributed by atoms with van der Waals surface area (Å²) in [6, 6.07) is 0.440. The molecule has 1 aromatic rings. The van der Waals surface area contributed by atoms with Crippen molar-refractivity contribution in [2.24, 2.45) is 0 Å². The molecular formula is C10H13ClN2. The fraction of sp³-hybridized carbons (Fsp3) is 0.500. The lowest BCUT2D eigenvalue weighted by atomic mass is 10.0. The molecular weight excluding hydrogens is 184 g/mol. The summed E-state index contributed by atoms with van der Waals surface area (Å²) < 4.78 is 0. The van der Waals surface area contributed by atoms with Crippen LogP contribution >= 0.6 is 11.6 Å². The monoisotopic (exact) mass is 196 g/mol. The molecule has 1 N–H and O–H groups in total. The molecule has 2 rings (SSSR count). The largest absolute Gasteiger partial charge is 0.310 e. The van der Waals surface area contributed by atoms with Crippen molar-refractivity contribution in [3.05, 3.63) is 28.5 Å². The second-order valence-electron chi connectivity index (χ2n) is 3.50. The van der Waals surface area contributed by atoms with E-state index in [9.17, 15) is 0 Å². The Morgan fingerprint density at radius 3 is 3.00 bits per heavy atom. The maximum Gasteiger partial charge on any atom is 0.0639 e. The molecule has 2 heterocycles. The quantitative estimate of drug-likeness (QED) is 0.747. The number of pyridine rings is 1. The number of nitrogens with zero attached hydrogens (tertiary/aromatic N) is 1. The van der Waals surface area contributed by atoms with Crippen LogP contribution in [0.1, 0.15) is 30.0 Å². The molecule has 0 saturated carbocycles. The number of aromatic nitrogens is 1. The van der Waals surface area contributed by atoms with E-state index in [2.05, 4.69) is 17.2 Å². The minimum Gasteiger partial charge on any atom is -0.310 e. The highest BCUT2D eigenvalue weighted by atomic mass is 35.5. The average Bonchev–Trinajstić information content (AvgIpc) is 2.57. The third kappa shape index (κ3) is 1.69. The minimum atomic E-state index is 0.440. The van der Waals surface area contributed by atoms with Gasteiger partial charge < -0.3 is 5.32 Å². The van der Waals surface area contributed by atoms with Crippen molar-refractivity contribution in [2.75, 3.05) is 6.54 Å². The number of nitrogens with one attached hydrogen (secondary N) is 1. The Labute approximate surface area is 83.3 Å². The first-order valence-electron chi connectivity index (χ1n) is 4.62. The van der Waals surface area contributed by atoms with Gasteiger partial charge in [0.2, 0.25) is 0 Å². The van der Waals surface area contributed by atoms with Gasteiger partial charge >= 0.3 is 0 Å². The lowest BCUT2D eigenvalue weighted by Crippen LogP contribution is -2.14. The van der Waals surface area contributed by atoms with Crippen LogP contribution in [0.25, 0.3) is 0 Å². The highest BCUT2D eigenvalue weighted by Gasteiger charge is 2.20. The van der Waals surface area contributed by atoms with Crippen molar-refractivity contribution in [3.63, 3.8) is 0 Å². The van der Waals surface area contributed by atoms with E-state index in [1.807, 2.05) is 6.20 Å². The lowest BCUT2D eigenvalue weighted by molar-refractivity contribution is 0.643. The fourth-order valence-electron chi connectivity index (χ4n) is 1.91. The summed E-state index contributed by atoms with van der Waals surface area (Å²) in [6.45, 7) is 3.16. The van der Waals surface area contributed by atoms with Crippen LogP contribution in [0.3, 0.4) is 0 Å². The van der Waals surface area contributed by atoms with Crippen LogP contribution < -0.4 is 5.32 Å². The van der Waals surface area contributed by atoms with Crippen LogP contribution in [-0.2, 0) is 0 Å². The van der Waals surface area contributed by atoms with Gasteiger partial charge in [-0.1, -0.05) is 11.6 Å². The van der Waals surface area contributed by atoms with Gasteiger partial charge in [0.15, 0.2) is 0 Å². The average molecular weight is 197 g/mol. The van der Waals surface area contributed by atoms with Crippen molar-refractivity contribution in [1.82, 2.24) is 10.3 Å². The van der Waals surface area contributed by atoms with Crippen molar-refractivity contribution in [1.29, 1.82) is 0 Å². The Balaban J connectivity index is 2.37. The molecule has 1 fully saturated rings. The first-order valence-corrected chi connectivity index (χ1v) is 5.00. The van der Waals surface area contributed by atoms with Crippen LogP contribution in [0.4, 0.5) is 0 Å². The van der Waals surface area contributed by atoms with Crippen molar-refractivity contribution in [3.8, 4) is 0 Å². The fourth-order valence-corrected chi connectivity index (χ4v) is 2.25. The predicted molar refractivity (Wildman–Crippen MR) is 54.0 cm³/mol. The molecule has 1 aliphatic rings. The third-order valence-electron chi connectivity index (χ3n) is 2.55. The summed E-state index contributed by atoms with van der Waals surface area (Å²) in [6.07, 6.45) is 6.03. The van der Waals surface area contributed by atoms with Gasteiger partial charge in [-0.15, -0.1) is 0 Å². The molecule has 70 valence electrons. The molecule has 1 aliphatic heterocycles. The molecule has 1 unspecified atom stereocenters. The predicted octanol–water partition coefficient (Wildman–Crippen LogP) is 2.47. The van der Waals surface area contributed by atoms with Gasteiger partial charge in [0.25, 0.3) is 0 Å². The van der Waals surface area contributed by atoms with Gasteiger partial charge in [-0.25, -0.2) is 0 Å². The van der Waals surface area contributed by atoms with Crippen LogP contribution in [-0.4, -0.2) is 11.5 Å². The number of halogens is 1. The normalized spacial score (nSPS) is 22.2. The third-order valence-corrected chi connectivity index (χ3v) is 2.85. The lowest BCUT2D eigenvalue weighted by Gasteiger charge is -2.14. The zero-order valence-corrected chi connectivity index (χ0v) is 8.43. The van der Waals surface area contributed by atoms with Crippen LogP contribution in [0.2, 0.25) is 5.02 Å². The topological polar surface area (TPSA) is 24.9 Å². The van der Waals surface area contributed by atoms with E-state index in [-0.39, 0.29) is 0 Å². The summed E-state index contributed by atoms with van der Waals surface area (Å²) in [5, 5.41) is 4.23. The first kappa shape index (κ1) is 8.97. The standard InChI is InChI=1S/C10H13ClN2/c1-7-5-12-6-8(11)10(7)9-3-2-4-13-9/h5-6,9,13H,2-4H2,1H3. The Morgan fingerprint density at radius 1 is 1.54 bits per heavy atom. The van der Waals surface area contributed by atoms with E-state index in [0.29, 0.717) is 6.04 Å². The second-order valence-corrected chi connectivity index (χ2v) is 3.91. The molecule has 0 aromatic carbocycles. The van der Waals surface area contributed by atoms with Crippen LogP contribution in [0.5, 0.6) is 0 Å². The molecule has 2 nitrogen and oxygen atoms in total. The number of hydrogen-bond donors (Lipinski definition) is 1. The molecule has 1 atom stereocenters. The van der Waals surface area contributed by atoms with Crippen LogP contribution in [0, 0.1) is 6.92 Å². The maximum absolute atomic E-state index is 6.11. The minimum absolute atomic E-state index is 0.440. The van der Waals surface area contributed by atoms with Gasteiger partial charge in [-0.2, -0.15) is 0 Å². The van der Waals surface area contributed by atoms with E-state index >= 15 is 0 Å². The highest BCUT2D eigenvalue weighted by Crippen LogP contribution is 2.30. The molecule has 0 amide bonds. The SMILES string of the molecule is Cc1cncc(Cl)c1C1CCCN1. The molecule has 3 heteroatoms. The Morgan fingerprint density at radius 2 is 2.38 bits per heavy atom. The van der Waals surface area contributed by atoms with Crippen LogP contribution in [0.15, 0.2) is 12.4 Å². The van der Waals surface area contributed by atoms with E-state index in [1.165, 1.54) is 24.0 Å². The molecule has 0 aliphatic carbocycles. The maximum atomic E-state index is 6.11. The van der Waals surface area contributed by atoms with Crippen molar-refractivity contribution in [2.45, 2.75) is 25.8 Å². The second kappa shape index (κ2) is 3.64. The molecule has 0 radical (unpaired) electrons. The zero-order chi connectivity index (χ0) is 9.26. The summed E-state index contributed by atoms with van der Waals surface area (Å²) in [7, 11) is 0. The molecule has 0 spiro atoms. The summed E-state index contributed by atoms with van der Waals surface area (Å²) >= 11 is 6.11. The van der Waals surface area contributed by atoms with Crippen molar-refractivity contribution >= 4 is 11.6 Å². The van der Waals surface area contributed by atoms with E-state index < -0.39 is 0 Å². The first-order chi connectivity index (χ1) is 6.29. The van der Waals surface area contributed by atoms with Gasteiger partial charge in [0, 0.05) is 18.4 Å². The number of aryl methyl sites for hydroxylation is 1. The van der Waals surface area contributed by atoms with Gasteiger partial charge in [-0.05, 0) is 37.4 Å². The highest BCUT2D eigenvalue weighted by molar-refractivity contribution is 6.31. The molecule has 0 bridgehead atoms. The zero-order valence-electron chi connectivity index (χ0n) is 7.68. The summed E-state index contributed by atoms with van der Waals surface area (Å²) in [5.74, 6) is 0. The van der Waals surface area contributed by atoms with E-state index in [0.717, 1.165) is 11.6 Å². The van der Waals surface area contributed by atoms with Gasteiger partial charge in [0.1, 0.15) is 0 Å². The molecule has 1 aromatic heterocycles. The van der Waals surface area contributed by atoms with E-state index in [4.69, 9.17) is 11.6 Å². The summed E-state index contributed by atoms with van der Waals surface area (Å²) in [5.41, 5.74) is 2.42. The number of hydrogen-bond acceptors (Lipinski definition) is 2. The molecule has 13 heavy (non-hydrogen) atoms. The van der Waals surface area contributed by atoms with Gasteiger partial charge in [-0.3, -0.25) is 4.98 Å². The Kier molecular flexibility index (Phi) is 2.51. The summed E-state index contributed by atoms with van der Waals surface area (Å²) in [4.78, 5) is 4.06. The van der Waals surface area contributed by atoms with Gasteiger partial charge in [0.05, 0.1) is 5.02 Å². The smallest absolute Gasteiger partial charge is 0.0639 e. The number of rotatable bonds is 1. The molecule has 1 saturated heterocycles.